The molecule has 0 aliphatic rings. The molecule has 0 bridgehead atoms. The van der Waals surface area contributed by atoms with E-state index >= 15 is 0 Å². The Labute approximate surface area is 119 Å². The van der Waals surface area contributed by atoms with Crippen molar-refractivity contribution < 1.29 is 9.90 Å². The number of benzene rings is 2. The number of anilines is 1. The lowest BCUT2D eigenvalue weighted by molar-refractivity contribution is 0.101. The summed E-state index contributed by atoms with van der Waals surface area (Å²) in [6.07, 6.45) is 0. The first-order chi connectivity index (χ1) is 10.2. The molecule has 0 spiro atoms. The van der Waals surface area contributed by atoms with Crippen molar-refractivity contribution in [2.24, 2.45) is 0 Å². The fourth-order valence-corrected chi connectivity index (χ4v) is 2.10. The third kappa shape index (κ3) is 2.36. The molecule has 104 valence electrons. The third-order valence-electron chi connectivity index (χ3n) is 3.14. The van der Waals surface area contributed by atoms with Gasteiger partial charge >= 0.3 is 0 Å². The topological polar surface area (TPSA) is 82.2 Å². The molecule has 0 aliphatic carbocycles. The van der Waals surface area contributed by atoms with Gasteiger partial charge in [0.2, 0.25) is 5.43 Å². The number of aromatic amines is 1. The summed E-state index contributed by atoms with van der Waals surface area (Å²) in [6.45, 7) is 0. The summed E-state index contributed by atoms with van der Waals surface area (Å²) in [4.78, 5) is 27.0. The molecule has 3 aromatic rings. The second-order valence-corrected chi connectivity index (χ2v) is 4.54. The summed E-state index contributed by atoms with van der Waals surface area (Å²) in [7, 11) is 0. The maximum atomic E-state index is 12.2. The number of fused-ring (bicyclic) bond motifs is 1. The van der Waals surface area contributed by atoms with Crippen LogP contribution >= 0.6 is 0 Å². The van der Waals surface area contributed by atoms with Crippen LogP contribution in [0.1, 0.15) is 10.5 Å². The minimum absolute atomic E-state index is 0.150. The van der Waals surface area contributed by atoms with Crippen molar-refractivity contribution in [3.05, 3.63) is 70.5 Å². The van der Waals surface area contributed by atoms with Crippen LogP contribution in [0.2, 0.25) is 0 Å². The molecule has 0 aliphatic heterocycles. The minimum atomic E-state index is -0.581. The Morgan fingerprint density at radius 1 is 1.00 bits per heavy atom. The van der Waals surface area contributed by atoms with Crippen molar-refractivity contribution >= 4 is 22.5 Å². The van der Waals surface area contributed by atoms with Crippen LogP contribution in [-0.4, -0.2) is 16.0 Å². The summed E-state index contributed by atoms with van der Waals surface area (Å²) >= 11 is 0. The molecular weight excluding hydrogens is 268 g/mol. The van der Waals surface area contributed by atoms with Gasteiger partial charge in [-0.15, -0.1) is 0 Å². The average molecular weight is 280 g/mol. The standard InChI is InChI=1S/C16H12N2O3/c19-14-11-8-4-5-9-12(11)18-13(15(14)20)16(21)17-10-6-2-1-3-7-10/h1-9,20H,(H,17,21)(H,18,19). The predicted octanol–water partition coefficient (Wildman–Crippen LogP) is 2.49. The van der Waals surface area contributed by atoms with Gasteiger partial charge < -0.3 is 15.4 Å². The second-order valence-electron chi connectivity index (χ2n) is 4.54. The molecule has 21 heavy (non-hydrogen) atoms. The molecule has 1 aromatic heterocycles. The van der Waals surface area contributed by atoms with Gasteiger partial charge in [0.1, 0.15) is 0 Å². The lowest BCUT2D eigenvalue weighted by Crippen LogP contribution is -2.17. The molecule has 3 rings (SSSR count). The molecule has 3 N–H and O–H groups in total. The van der Waals surface area contributed by atoms with Gasteiger partial charge in [0.25, 0.3) is 5.91 Å². The summed E-state index contributed by atoms with van der Waals surface area (Å²) in [5.41, 5.74) is 0.361. The van der Waals surface area contributed by atoms with E-state index in [-0.39, 0.29) is 5.69 Å². The van der Waals surface area contributed by atoms with E-state index in [1.54, 1.807) is 48.5 Å². The minimum Gasteiger partial charge on any atom is -0.503 e. The fourth-order valence-electron chi connectivity index (χ4n) is 2.10. The van der Waals surface area contributed by atoms with Gasteiger partial charge in [-0.2, -0.15) is 0 Å². The lowest BCUT2D eigenvalue weighted by atomic mass is 10.1. The number of pyridine rings is 1. The summed E-state index contributed by atoms with van der Waals surface area (Å²) in [6, 6.07) is 15.5. The highest BCUT2D eigenvalue weighted by Crippen LogP contribution is 2.17. The first-order valence-electron chi connectivity index (χ1n) is 6.37. The van der Waals surface area contributed by atoms with Crippen LogP contribution in [0.15, 0.2) is 59.4 Å². The van der Waals surface area contributed by atoms with Crippen molar-refractivity contribution in [3.8, 4) is 5.75 Å². The molecule has 1 amide bonds. The maximum Gasteiger partial charge on any atom is 0.276 e. The zero-order chi connectivity index (χ0) is 14.8. The van der Waals surface area contributed by atoms with Crippen molar-refractivity contribution in [1.82, 2.24) is 4.98 Å². The molecule has 0 radical (unpaired) electrons. The SMILES string of the molecule is O=C(Nc1ccccc1)c1[nH]c2ccccc2c(=O)c1O. The maximum absolute atomic E-state index is 12.2. The quantitative estimate of drug-likeness (QED) is 0.674. The molecule has 0 saturated heterocycles. The van der Waals surface area contributed by atoms with Gasteiger partial charge in [0.15, 0.2) is 11.4 Å². The molecule has 1 heterocycles. The highest BCUT2D eigenvalue weighted by atomic mass is 16.3. The first kappa shape index (κ1) is 12.9. The van der Waals surface area contributed by atoms with Gasteiger partial charge in [-0.3, -0.25) is 9.59 Å². The number of carbonyl (C=O) groups excluding carboxylic acids is 1. The second kappa shape index (κ2) is 5.13. The number of hydrogen-bond donors (Lipinski definition) is 3. The Morgan fingerprint density at radius 3 is 2.43 bits per heavy atom. The van der Waals surface area contributed by atoms with E-state index in [0.717, 1.165) is 0 Å². The number of aromatic nitrogens is 1. The molecule has 5 nitrogen and oxygen atoms in total. The van der Waals surface area contributed by atoms with Crippen LogP contribution in [0.5, 0.6) is 5.75 Å². The van der Waals surface area contributed by atoms with E-state index in [0.29, 0.717) is 16.6 Å². The first-order valence-corrected chi connectivity index (χ1v) is 6.37. The highest BCUT2D eigenvalue weighted by Gasteiger charge is 2.17. The number of H-pyrrole nitrogens is 1. The third-order valence-corrected chi connectivity index (χ3v) is 3.14. The number of rotatable bonds is 2. The lowest BCUT2D eigenvalue weighted by Gasteiger charge is -2.08. The van der Waals surface area contributed by atoms with Crippen molar-refractivity contribution in [1.29, 1.82) is 0 Å². The monoisotopic (exact) mass is 280 g/mol. The van der Waals surface area contributed by atoms with E-state index in [1.807, 2.05) is 6.07 Å². The molecule has 0 saturated carbocycles. The number of carbonyl (C=O) groups is 1. The van der Waals surface area contributed by atoms with Crippen LogP contribution in [-0.2, 0) is 0 Å². The number of aromatic hydroxyl groups is 1. The van der Waals surface area contributed by atoms with Crippen LogP contribution in [0.4, 0.5) is 5.69 Å². The highest BCUT2D eigenvalue weighted by molar-refractivity contribution is 6.06. The normalized spacial score (nSPS) is 10.5. The van der Waals surface area contributed by atoms with Crippen LogP contribution in [0.3, 0.4) is 0 Å². The van der Waals surface area contributed by atoms with Crippen LogP contribution < -0.4 is 10.7 Å². The van der Waals surface area contributed by atoms with Crippen LogP contribution in [0.25, 0.3) is 10.9 Å². The molecule has 0 fully saturated rings. The van der Waals surface area contributed by atoms with Gasteiger partial charge in [0.05, 0.1) is 5.52 Å². The van der Waals surface area contributed by atoms with Gasteiger partial charge in [0, 0.05) is 11.1 Å². The van der Waals surface area contributed by atoms with Crippen LogP contribution in [0, 0.1) is 0 Å². The molecule has 5 heteroatoms. The fraction of sp³-hybridized carbons (Fsp3) is 0. The number of amides is 1. The van der Waals surface area contributed by atoms with Gasteiger partial charge in [-0.25, -0.2) is 0 Å². The zero-order valence-corrected chi connectivity index (χ0v) is 11.0. The average Bonchev–Trinajstić information content (AvgIpc) is 2.52. The Bertz CT molecular complexity index is 870. The Kier molecular flexibility index (Phi) is 3.16. The Morgan fingerprint density at radius 2 is 1.67 bits per heavy atom. The largest absolute Gasteiger partial charge is 0.503 e. The van der Waals surface area contributed by atoms with Crippen molar-refractivity contribution in [3.63, 3.8) is 0 Å². The predicted molar refractivity (Wildman–Crippen MR) is 80.6 cm³/mol. The Balaban J connectivity index is 2.06. The van der Waals surface area contributed by atoms with E-state index < -0.39 is 17.1 Å². The van der Waals surface area contributed by atoms with Crippen molar-refractivity contribution in [2.45, 2.75) is 0 Å². The molecule has 0 unspecified atom stereocenters. The number of hydrogen-bond acceptors (Lipinski definition) is 3. The van der Waals surface area contributed by atoms with E-state index in [2.05, 4.69) is 10.3 Å². The summed E-state index contributed by atoms with van der Waals surface area (Å²) < 4.78 is 0. The van der Waals surface area contributed by atoms with Gasteiger partial charge in [-0.1, -0.05) is 30.3 Å². The molecular formula is C16H12N2O3. The number of nitrogens with one attached hydrogen (secondary N) is 2. The van der Waals surface area contributed by atoms with Gasteiger partial charge in [-0.05, 0) is 24.3 Å². The number of para-hydroxylation sites is 2. The zero-order valence-electron chi connectivity index (χ0n) is 11.0. The smallest absolute Gasteiger partial charge is 0.276 e. The van der Waals surface area contributed by atoms with Crippen molar-refractivity contribution in [2.75, 3.05) is 5.32 Å². The molecule has 2 aromatic carbocycles. The summed E-state index contributed by atoms with van der Waals surface area (Å²) in [5.74, 6) is -1.15. The molecule has 0 atom stereocenters. The summed E-state index contributed by atoms with van der Waals surface area (Å²) in [5, 5.41) is 12.9. The Hall–Kier alpha value is -3.08. The van der Waals surface area contributed by atoms with E-state index in [9.17, 15) is 14.7 Å². The van der Waals surface area contributed by atoms with E-state index in [1.165, 1.54) is 0 Å². The van der Waals surface area contributed by atoms with E-state index in [4.69, 9.17) is 0 Å².